The molecule has 1 aromatic rings. The Balaban J connectivity index is 2.18. The lowest BCUT2D eigenvalue weighted by atomic mass is 10.00. The smallest absolute Gasteiger partial charge is 0.124 e. The maximum atomic E-state index is 5.87. The van der Waals surface area contributed by atoms with Crippen LogP contribution < -0.4 is 10.1 Å². The normalized spacial score (nSPS) is 20.6. The Morgan fingerprint density at radius 1 is 1.30 bits per heavy atom. The molecule has 20 heavy (non-hydrogen) atoms. The molecular formula is C16H25NO3. The van der Waals surface area contributed by atoms with Gasteiger partial charge in [-0.1, -0.05) is 32.0 Å². The van der Waals surface area contributed by atoms with Crippen molar-refractivity contribution in [2.75, 3.05) is 33.0 Å². The van der Waals surface area contributed by atoms with Crippen molar-refractivity contribution in [2.24, 2.45) is 0 Å². The number of hydrogen-bond acceptors (Lipinski definition) is 4. The average molecular weight is 279 g/mol. The van der Waals surface area contributed by atoms with Crippen LogP contribution in [0.2, 0.25) is 0 Å². The standard InChI is InChI=1S/C16H25NO3/c1-3-9-19-14-8-6-5-7-13(14)16(17-4-2)15-12-18-10-11-20-15/h5-8,15-17H,3-4,9-12H2,1-2H3. The van der Waals surface area contributed by atoms with Gasteiger partial charge < -0.3 is 19.5 Å². The molecule has 2 atom stereocenters. The topological polar surface area (TPSA) is 39.7 Å². The number of rotatable bonds is 7. The summed E-state index contributed by atoms with van der Waals surface area (Å²) in [5, 5.41) is 3.50. The molecule has 1 heterocycles. The van der Waals surface area contributed by atoms with Crippen molar-refractivity contribution in [1.29, 1.82) is 0 Å². The van der Waals surface area contributed by atoms with E-state index in [2.05, 4.69) is 25.2 Å². The van der Waals surface area contributed by atoms with E-state index in [4.69, 9.17) is 14.2 Å². The molecule has 4 nitrogen and oxygen atoms in total. The van der Waals surface area contributed by atoms with E-state index in [-0.39, 0.29) is 12.1 Å². The van der Waals surface area contributed by atoms with Gasteiger partial charge in [-0.3, -0.25) is 0 Å². The summed E-state index contributed by atoms with van der Waals surface area (Å²) in [5.74, 6) is 0.939. The SMILES string of the molecule is CCCOc1ccccc1C(NCC)C1COCCO1. The fourth-order valence-electron chi connectivity index (χ4n) is 2.44. The minimum Gasteiger partial charge on any atom is -0.493 e. The van der Waals surface area contributed by atoms with Gasteiger partial charge in [-0.25, -0.2) is 0 Å². The third kappa shape index (κ3) is 3.95. The van der Waals surface area contributed by atoms with Crippen molar-refractivity contribution in [2.45, 2.75) is 32.4 Å². The van der Waals surface area contributed by atoms with E-state index in [1.807, 2.05) is 18.2 Å². The Labute approximate surface area is 121 Å². The summed E-state index contributed by atoms with van der Waals surface area (Å²) in [5.41, 5.74) is 1.15. The van der Waals surface area contributed by atoms with E-state index in [0.717, 1.165) is 30.9 Å². The fraction of sp³-hybridized carbons (Fsp3) is 0.625. The summed E-state index contributed by atoms with van der Waals surface area (Å²) in [6, 6.07) is 8.29. The predicted molar refractivity (Wildman–Crippen MR) is 79.2 cm³/mol. The lowest BCUT2D eigenvalue weighted by Gasteiger charge is -2.32. The largest absolute Gasteiger partial charge is 0.493 e. The zero-order valence-electron chi connectivity index (χ0n) is 12.4. The van der Waals surface area contributed by atoms with E-state index in [0.29, 0.717) is 19.8 Å². The molecule has 0 bridgehead atoms. The highest BCUT2D eigenvalue weighted by atomic mass is 16.6. The second kappa shape index (κ2) is 8.25. The summed E-state index contributed by atoms with van der Waals surface area (Å²) in [7, 11) is 0. The first-order chi connectivity index (χ1) is 9.86. The number of hydrogen-bond donors (Lipinski definition) is 1. The average Bonchev–Trinajstić information content (AvgIpc) is 2.52. The van der Waals surface area contributed by atoms with Crippen LogP contribution in [-0.4, -0.2) is 39.1 Å². The molecule has 1 aromatic carbocycles. The molecule has 1 saturated heterocycles. The van der Waals surface area contributed by atoms with Gasteiger partial charge in [0, 0.05) is 5.56 Å². The van der Waals surface area contributed by atoms with Crippen LogP contribution in [0.5, 0.6) is 5.75 Å². The third-order valence-corrected chi connectivity index (χ3v) is 3.35. The van der Waals surface area contributed by atoms with Gasteiger partial charge >= 0.3 is 0 Å². The van der Waals surface area contributed by atoms with Crippen LogP contribution in [0.3, 0.4) is 0 Å². The molecule has 0 saturated carbocycles. The van der Waals surface area contributed by atoms with Crippen molar-refractivity contribution in [3.8, 4) is 5.75 Å². The van der Waals surface area contributed by atoms with Crippen LogP contribution in [-0.2, 0) is 9.47 Å². The van der Waals surface area contributed by atoms with Crippen LogP contribution in [0.15, 0.2) is 24.3 Å². The fourth-order valence-corrected chi connectivity index (χ4v) is 2.44. The molecule has 112 valence electrons. The first kappa shape index (κ1) is 15.3. The van der Waals surface area contributed by atoms with Crippen LogP contribution in [0.4, 0.5) is 0 Å². The molecule has 0 amide bonds. The molecule has 1 N–H and O–H groups in total. The van der Waals surface area contributed by atoms with Crippen LogP contribution in [0.25, 0.3) is 0 Å². The quantitative estimate of drug-likeness (QED) is 0.832. The Kier molecular flexibility index (Phi) is 6.30. The van der Waals surface area contributed by atoms with E-state index in [1.54, 1.807) is 0 Å². The van der Waals surface area contributed by atoms with Crippen LogP contribution in [0.1, 0.15) is 31.9 Å². The maximum Gasteiger partial charge on any atom is 0.124 e. The minimum atomic E-state index is 0.0371. The Hall–Kier alpha value is -1.10. The van der Waals surface area contributed by atoms with Crippen molar-refractivity contribution < 1.29 is 14.2 Å². The summed E-state index contributed by atoms with van der Waals surface area (Å²) >= 11 is 0. The molecule has 1 fully saturated rings. The van der Waals surface area contributed by atoms with Crippen molar-refractivity contribution in [3.63, 3.8) is 0 Å². The number of ether oxygens (including phenoxy) is 3. The first-order valence-electron chi connectivity index (χ1n) is 7.51. The van der Waals surface area contributed by atoms with Crippen molar-refractivity contribution in [1.82, 2.24) is 5.32 Å². The lowest BCUT2D eigenvalue weighted by molar-refractivity contribution is -0.102. The summed E-state index contributed by atoms with van der Waals surface area (Å²) in [6.07, 6.45) is 1.04. The van der Waals surface area contributed by atoms with Crippen molar-refractivity contribution >= 4 is 0 Å². The summed E-state index contributed by atoms with van der Waals surface area (Å²) in [6.45, 7) is 7.80. The second-order valence-electron chi connectivity index (χ2n) is 4.91. The molecule has 2 unspecified atom stereocenters. The highest BCUT2D eigenvalue weighted by molar-refractivity contribution is 5.36. The first-order valence-corrected chi connectivity index (χ1v) is 7.51. The van der Waals surface area contributed by atoms with Gasteiger partial charge in [-0.05, 0) is 19.0 Å². The Morgan fingerprint density at radius 2 is 2.15 bits per heavy atom. The predicted octanol–water partition coefficient (Wildman–Crippen LogP) is 2.54. The van der Waals surface area contributed by atoms with Gasteiger partial charge in [0.05, 0.1) is 32.5 Å². The summed E-state index contributed by atoms with van der Waals surface area (Å²) < 4.78 is 17.3. The number of benzene rings is 1. The van der Waals surface area contributed by atoms with Crippen LogP contribution in [0, 0.1) is 0 Å². The molecular weight excluding hydrogens is 254 g/mol. The Bertz CT molecular complexity index is 391. The van der Waals surface area contributed by atoms with Gasteiger partial charge in [-0.15, -0.1) is 0 Å². The van der Waals surface area contributed by atoms with Gasteiger partial charge in [0.1, 0.15) is 11.9 Å². The zero-order chi connectivity index (χ0) is 14.2. The molecule has 1 aliphatic rings. The van der Waals surface area contributed by atoms with E-state index >= 15 is 0 Å². The summed E-state index contributed by atoms with van der Waals surface area (Å²) in [4.78, 5) is 0. The lowest BCUT2D eigenvalue weighted by Crippen LogP contribution is -2.40. The van der Waals surface area contributed by atoms with Crippen molar-refractivity contribution in [3.05, 3.63) is 29.8 Å². The second-order valence-corrected chi connectivity index (χ2v) is 4.91. The van der Waals surface area contributed by atoms with Gasteiger partial charge in [0.2, 0.25) is 0 Å². The highest BCUT2D eigenvalue weighted by Gasteiger charge is 2.28. The van der Waals surface area contributed by atoms with Gasteiger partial charge in [-0.2, -0.15) is 0 Å². The zero-order valence-corrected chi connectivity index (χ0v) is 12.4. The number of likely N-dealkylation sites (N-methyl/N-ethyl adjacent to an activating group) is 1. The highest BCUT2D eigenvalue weighted by Crippen LogP contribution is 2.29. The monoisotopic (exact) mass is 279 g/mol. The maximum absolute atomic E-state index is 5.87. The van der Waals surface area contributed by atoms with Crippen LogP contribution >= 0.6 is 0 Å². The molecule has 0 spiro atoms. The third-order valence-electron chi connectivity index (χ3n) is 3.35. The minimum absolute atomic E-state index is 0.0371. The van der Waals surface area contributed by atoms with Gasteiger partial charge in [0.25, 0.3) is 0 Å². The Morgan fingerprint density at radius 3 is 2.85 bits per heavy atom. The molecule has 4 heteroatoms. The van der Waals surface area contributed by atoms with E-state index in [1.165, 1.54) is 0 Å². The van der Waals surface area contributed by atoms with E-state index < -0.39 is 0 Å². The molecule has 0 aliphatic carbocycles. The number of para-hydroxylation sites is 1. The molecule has 0 radical (unpaired) electrons. The van der Waals surface area contributed by atoms with Gasteiger partial charge in [0.15, 0.2) is 0 Å². The number of nitrogens with one attached hydrogen (secondary N) is 1. The molecule has 1 aliphatic heterocycles. The van der Waals surface area contributed by atoms with E-state index in [9.17, 15) is 0 Å². The molecule has 0 aromatic heterocycles. The molecule has 2 rings (SSSR count).